The summed E-state index contributed by atoms with van der Waals surface area (Å²) >= 11 is 0. The zero-order chi connectivity index (χ0) is 24.5. The lowest BCUT2D eigenvalue weighted by Gasteiger charge is -2.25. The molecule has 0 saturated heterocycles. The van der Waals surface area contributed by atoms with Crippen LogP contribution in [0.2, 0.25) is 0 Å². The molecule has 1 unspecified atom stereocenters. The summed E-state index contributed by atoms with van der Waals surface area (Å²) in [7, 11) is 0. The molecule has 1 aliphatic heterocycles. The van der Waals surface area contributed by atoms with Crippen molar-refractivity contribution in [3.8, 4) is 11.4 Å². The van der Waals surface area contributed by atoms with E-state index < -0.39 is 36.2 Å². The van der Waals surface area contributed by atoms with Crippen molar-refractivity contribution in [3.63, 3.8) is 0 Å². The standard InChI is InChI=1S/C25H23F3N4O2/c1-15-21(13-22(33)34)32(31-23(15)25(26,27)28)20-10-8-17(9-11-20)12-19-14-29-24(30-16(19)2)18-6-4-3-5-7-18/h3-11,14-15,21H,12-13H2,1-2H3,(H,33,34)/t15?,21-/m0/s1. The van der Waals surface area contributed by atoms with Gasteiger partial charge < -0.3 is 5.11 Å². The fraction of sp³-hybridized carbons (Fsp3) is 0.280. The Morgan fingerprint density at radius 1 is 1.09 bits per heavy atom. The number of nitrogens with zero attached hydrogens (tertiary/aromatic N) is 4. The third-order valence-corrected chi connectivity index (χ3v) is 5.92. The molecule has 9 heteroatoms. The highest BCUT2D eigenvalue weighted by molar-refractivity contribution is 5.95. The lowest BCUT2D eigenvalue weighted by atomic mass is 9.94. The predicted octanol–water partition coefficient (Wildman–Crippen LogP) is 5.26. The van der Waals surface area contributed by atoms with Gasteiger partial charge in [0.2, 0.25) is 0 Å². The van der Waals surface area contributed by atoms with Crippen molar-refractivity contribution in [2.24, 2.45) is 11.0 Å². The fourth-order valence-electron chi connectivity index (χ4n) is 4.06. The van der Waals surface area contributed by atoms with Gasteiger partial charge in [0.15, 0.2) is 5.82 Å². The van der Waals surface area contributed by atoms with Crippen molar-refractivity contribution >= 4 is 17.4 Å². The number of hydrogen-bond donors (Lipinski definition) is 1. The van der Waals surface area contributed by atoms with Crippen molar-refractivity contribution in [2.75, 3.05) is 5.01 Å². The molecule has 0 saturated carbocycles. The van der Waals surface area contributed by atoms with Crippen LogP contribution in [0.5, 0.6) is 0 Å². The van der Waals surface area contributed by atoms with Crippen LogP contribution in [-0.2, 0) is 11.2 Å². The van der Waals surface area contributed by atoms with Crippen LogP contribution in [0, 0.1) is 12.8 Å². The number of aromatic nitrogens is 2. The SMILES string of the molecule is Cc1nc(-c2ccccc2)ncc1Cc1ccc(N2N=C(C(F)(F)F)C(C)[C@@H]2CC(=O)O)cc1. The zero-order valence-corrected chi connectivity index (χ0v) is 18.6. The minimum atomic E-state index is -4.62. The van der Waals surface area contributed by atoms with Crippen LogP contribution in [0.1, 0.15) is 30.2 Å². The van der Waals surface area contributed by atoms with Gasteiger partial charge in [-0.15, -0.1) is 0 Å². The number of carboxylic acids is 1. The number of aliphatic carboxylic acids is 1. The number of aryl methyl sites for hydroxylation is 1. The lowest BCUT2D eigenvalue weighted by Crippen LogP contribution is -2.36. The summed E-state index contributed by atoms with van der Waals surface area (Å²) in [6.07, 6.45) is -2.73. The maximum Gasteiger partial charge on any atom is 0.431 e. The molecule has 0 aliphatic carbocycles. The number of halogens is 3. The summed E-state index contributed by atoms with van der Waals surface area (Å²) in [6, 6.07) is 15.7. The highest BCUT2D eigenvalue weighted by Crippen LogP contribution is 2.36. The Morgan fingerprint density at radius 2 is 1.76 bits per heavy atom. The van der Waals surface area contributed by atoms with E-state index in [1.165, 1.54) is 11.9 Å². The van der Waals surface area contributed by atoms with Crippen LogP contribution in [-0.4, -0.2) is 39.0 Å². The molecule has 0 fully saturated rings. The van der Waals surface area contributed by atoms with Gasteiger partial charge in [0.05, 0.1) is 18.2 Å². The lowest BCUT2D eigenvalue weighted by molar-refractivity contribution is -0.137. The Morgan fingerprint density at radius 3 is 2.35 bits per heavy atom. The van der Waals surface area contributed by atoms with Crippen molar-refractivity contribution in [1.82, 2.24) is 9.97 Å². The molecule has 0 radical (unpaired) electrons. The molecule has 3 aromatic rings. The van der Waals surface area contributed by atoms with Gasteiger partial charge >= 0.3 is 12.1 Å². The number of hydrazone groups is 1. The number of hydrogen-bond acceptors (Lipinski definition) is 5. The van der Waals surface area contributed by atoms with Crippen molar-refractivity contribution in [1.29, 1.82) is 0 Å². The molecule has 6 nitrogen and oxygen atoms in total. The van der Waals surface area contributed by atoms with Gasteiger partial charge in [0.1, 0.15) is 5.71 Å². The summed E-state index contributed by atoms with van der Waals surface area (Å²) < 4.78 is 40.1. The predicted molar refractivity (Wildman–Crippen MR) is 123 cm³/mol. The molecular weight excluding hydrogens is 445 g/mol. The molecular formula is C25H23F3N4O2. The Labute approximate surface area is 194 Å². The van der Waals surface area contributed by atoms with E-state index in [-0.39, 0.29) is 0 Å². The van der Waals surface area contributed by atoms with E-state index in [1.807, 2.05) is 37.3 Å². The largest absolute Gasteiger partial charge is 0.481 e. The highest BCUT2D eigenvalue weighted by atomic mass is 19.4. The first-order valence-corrected chi connectivity index (χ1v) is 10.8. The average Bonchev–Trinajstić information content (AvgIpc) is 3.12. The van der Waals surface area contributed by atoms with E-state index in [0.717, 1.165) is 22.4 Å². The number of carboxylic acid groups (broad SMARTS) is 1. The zero-order valence-electron chi connectivity index (χ0n) is 18.6. The molecule has 0 spiro atoms. The smallest absolute Gasteiger partial charge is 0.431 e. The monoisotopic (exact) mass is 468 g/mol. The average molecular weight is 468 g/mol. The molecule has 176 valence electrons. The van der Waals surface area contributed by atoms with Crippen LogP contribution in [0.25, 0.3) is 11.4 Å². The van der Waals surface area contributed by atoms with Crippen LogP contribution in [0.4, 0.5) is 18.9 Å². The van der Waals surface area contributed by atoms with Gasteiger partial charge in [-0.25, -0.2) is 9.97 Å². The maximum absolute atomic E-state index is 13.4. The molecule has 2 heterocycles. The molecule has 0 amide bonds. The number of carbonyl (C=O) groups is 1. The van der Waals surface area contributed by atoms with E-state index in [9.17, 15) is 23.1 Å². The summed E-state index contributed by atoms with van der Waals surface area (Å²) in [5.41, 5.74) is 3.07. The number of rotatable bonds is 6. The molecule has 1 aliphatic rings. The van der Waals surface area contributed by atoms with E-state index >= 15 is 0 Å². The molecule has 1 aromatic heterocycles. The normalized spacial score (nSPS) is 18.1. The van der Waals surface area contributed by atoms with Crippen molar-refractivity contribution in [3.05, 3.63) is 77.6 Å². The van der Waals surface area contributed by atoms with Gasteiger partial charge in [-0.2, -0.15) is 18.3 Å². The van der Waals surface area contributed by atoms with Gasteiger partial charge in [0, 0.05) is 29.8 Å². The van der Waals surface area contributed by atoms with Gasteiger partial charge in [-0.3, -0.25) is 9.80 Å². The van der Waals surface area contributed by atoms with Crippen molar-refractivity contribution in [2.45, 2.75) is 38.9 Å². The summed E-state index contributed by atoms with van der Waals surface area (Å²) in [5.74, 6) is -1.59. The van der Waals surface area contributed by atoms with Gasteiger partial charge in [-0.1, -0.05) is 49.4 Å². The van der Waals surface area contributed by atoms with Crippen molar-refractivity contribution < 1.29 is 23.1 Å². The molecule has 4 rings (SSSR count). The maximum atomic E-state index is 13.4. The number of anilines is 1. The third-order valence-electron chi connectivity index (χ3n) is 5.92. The van der Waals surface area contributed by atoms with E-state index in [2.05, 4.69) is 15.1 Å². The minimum absolute atomic E-state index is 0.411. The van der Waals surface area contributed by atoms with Crippen LogP contribution < -0.4 is 5.01 Å². The summed E-state index contributed by atoms with van der Waals surface area (Å²) in [4.78, 5) is 20.3. The van der Waals surface area contributed by atoms with Crippen LogP contribution >= 0.6 is 0 Å². The molecule has 34 heavy (non-hydrogen) atoms. The van der Waals surface area contributed by atoms with E-state index in [4.69, 9.17) is 0 Å². The first-order chi connectivity index (χ1) is 16.1. The highest BCUT2D eigenvalue weighted by Gasteiger charge is 2.48. The van der Waals surface area contributed by atoms with Crippen LogP contribution in [0.15, 0.2) is 65.9 Å². The van der Waals surface area contributed by atoms with Gasteiger partial charge in [0.25, 0.3) is 0 Å². The summed E-state index contributed by atoms with van der Waals surface area (Å²) in [6.45, 7) is 3.27. The first kappa shape index (κ1) is 23.4. The molecule has 0 bridgehead atoms. The minimum Gasteiger partial charge on any atom is -0.481 e. The molecule has 2 atom stereocenters. The molecule has 2 aromatic carbocycles. The first-order valence-electron chi connectivity index (χ1n) is 10.8. The number of alkyl halides is 3. The second kappa shape index (κ2) is 9.24. The quantitative estimate of drug-likeness (QED) is 0.534. The van der Waals surface area contributed by atoms with E-state index in [1.54, 1.807) is 30.5 Å². The second-order valence-electron chi connectivity index (χ2n) is 8.29. The Hall–Kier alpha value is -3.75. The van der Waals surface area contributed by atoms with Crippen LogP contribution in [0.3, 0.4) is 0 Å². The Balaban J connectivity index is 1.54. The second-order valence-corrected chi connectivity index (χ2v) is 8.29. The topological polar surface area (TPSA) is 78.7 Å². The molecule has 1 N–H and O–H groups in total. The van der Waals surface area contributed by atoms with E-state index in [0.29, 0.717) is 17.9 Å². The number of benzene rings is 2. The third kappa shape index (κ3) is 4.93. The Kier molecular flexibility index (Phi) is 6.37. The van der Waals surface area contributed by atoms with Gasteiger partial charge in [-0.05, 0) is 30.2 Å². The summed E-state index contributed by atoms with van der Waals surface area (Å²) in [5, 5.41) is 14.1. The Bertz CT molecular complexity index is 1210. The fourth-order valence-corrected chi connectivity index (χ4v) is 4.06.